The summed E-state index contributed by atoms with van der Waals surface area (Å²) in [7, 11) is 0. The van der Waals surface area contributed by atoms with Gasteiger partial charge in [-0.2, -0.15) is 0 Å². The lowest BCUT2D eigenvalue weighted by molar-refractivity contribution is -0.109. The Morgan fingerprint density at radius 2 is 2.07 bits per heavy atom. The molecule has 1 heterocycles. The van der Waals surface area contributed by atoms with Crippen LogP contribution in [0.5, 0.6) is 0 Å². The Morgan fingerprint density at radius 3 is 2.80 bits per heavy atom. The Balaban J connectivity index is 1.85. The molecular weight excluding hydrogens is 188 g/mol. The van der Waals surface area contributed by atoms with E-state index in [2.05, 4.69) is 5.32 Å². The largest absolute Gasteiger partial charge is 0.375 e. The first-order chi connectivity index (χ1) is 7.35. The molecule has 1 saturated heterocycles. The monoisotopic (exact) mass is 212 g/mol. The van der Waals surface area contributed by atoms with Crippen molar-refractivity contribution >= 4 is 0 Å². The average Bonchev–Trinajstić information content (AvgIpc) is 2.28. The zero-order valence-corrected chi connectivity index (χ0v) is 9.63. The van der Waals surface area contributed by atoms with E-state index < -0.39 is 0 Å². The Bertz CT molecular complexity index is 185. The molecule has 3 heteroatoms. The second kappa shape index (κ2) is 5.28. The number of rotatable bonds is 3. The van der Waals surface area contributed by atoms with Crippen molar-refractivity contribution in [3.8, 4) is 0 Å². The van der Waals surface area contributed by atoms with Gasteiger partial charge in [-0.3, -0.25) is 0 Å². The summed E-state index contributed by atoms with van der Waals surface area (Å²) >= 11 is 0. The van der Waals surface area contributed by atoms with E-state index in [0.29, 0.717) is 6.04 Å². The van der Waals surface area contributed by atoms with E-state index >= 15 is 0 Å². The molecule has 88 valence electrons. The molecule has 0 radical (unpaired) electrons. The van der Waals surface area contributed by atoms with Crippen LogP contribution in [0.3, 0.4) is 0 Å². The number of nitrogens with two attached hydrogens (primary N) is 1. The molecule has 0 amide bonds. The topological polar surface area (TPSA) is 47.3 Å². The summed E-state index contributed by atoms with van der Waals surface area (Å²) in [6.07, 6.45) is 9.00. The van der Waals surface area contributed by atoms with Gasteiger partial charge >= 0.3 is 0 Å². The number of ether oxygens (including phenoxy) is 1. The van der Waals surface area contributed by atoms with Gasteiger partial charge in [0.25, 0.3) is 0 Å². The molecule has 2 aliphatic rings. The normalized spacial score (nSPS) is 30.6. The molecule has 1 atom stereocenters. The Kier molecular flexibility index (Phi) is 4.00. The Hall–Kier alpha value is -0.120. The molecule has 1 spiro atoms. The van der Waals surface area contributed by atoms with E-state index in [4.69, 9.17) is 10.5 Å². The van der Waals surface area contributed by atoms with Crippen LogP contribution in [0, 0.1) is 0 Å². The minimum Gasteiger partial charge on any atom is -0.375 e. The van der Waals surface area contributed by atoms with Crippen LogP contribution >= 0.6 is 0 Å². The van der Waals surface area contributed by atoms with E-state index in [1.807, 2.05) is 0 Å². The van der Waals surface area contributed by atoms with Gasteiger partial charge in [-0.15, -0.1) is 0 Å². The summed E-state index contributed by atoms with van der Waals surface area (Å²) in [6, 6.07) is 0.639. The van der Waals surface area contributed by atoms with Crippen molar-refractivity contribution in [2.45, 2.75) is 56.6 Å². The molecule has 3 nitrogen and oxygen atoms in total. The molecule has 0 bridgehead atoms. The summed E-state index contributed by atoms with van der Waals surface area (Å²) in [5.41, 5.74) is 5.75. The molecule has 1 aliphatic heterocycles. The van der Waals surface area contributed by atoms with Crippen LogP contribution in [0.25, 0.3) is 0 Å². The predicted octanol–water partition coefficient (Wildman–Crippen LogP) is 1.42. The van der Waals surface area contributed by atoms with E-state index in [1.54, 1.807) is 0 Å². The van der Waals surface area contributed by atoms with Crippen LogP contribution in [-0.2, 0) is 4.74 Å². The van der Waals surface area contributed by atoms with Gasteiger partial charge in [-0.1, -0.05) is 19.3 Å². The second-order valence-electron chi connectivity index (χ2n) is 5.02. The smallest absolute Gasteiger partial charge is 0.0697 e. The predicted molar refractivity (Wildman–Crippen MR) is 61.8 cm³/mol. The summed E-state index contributed by atoms with van der Waals surface area (Å²) in [6.45, 7) is 2.62. The minimum absolute atomic E-state index is 0.225. The molecule has 0 aromatic heterocycles. The number of hydrogen-bond acceptors (Lipinski definition) is 3. The Labute approximate surface area is 92.7 Å². The lowest BCUT2D eigenvalue weighted by Crippen LogP contribution is -2.48. The van der Waals surface area contributed by atoms with Gasteiger partial charge < -0.3 is 15.8 Å². The SMILES string of the molecule is NCCNC1CCOC2(CCCCC2)C1. The number of nitrogens with one attached hydrogen (secondary N) is 1. The van der Waals surface area contributed by atoms with E-state index in [-0.39, 0.29) is 5.60 Å². The summed E-state index contributed by atoms with van der Waals surface area (Å²) in [5, 5.41) is 3.54. The first-order valence-electron chi connectivity index (χ1n) is 6.42. The first kappa shape index (κ1) is 11.4. The average molecular weight is 212 g/mol. The molecule has 2 rings (SSSR count). The zero-order valence-electron chi connectivity index (χ0n) is 9.63. The van der Waals surface area contributed by atoms with Gasteiger partial charge in [0, 0.05) is 25.7 Å². The third-order valence-corrected chi connectivity index (χ3v) is 3.84. The van der Waals surface area contributed by atoms with Crippen molar-refractivity contribution < 1.29 is 4.74 Å². The minimum atomic E-state index is 0.225. The van der Waals surface area contributed by atoms with Crippen LogP contribution in [0.15, 0.2) is 0 Å². The molecule has 3 N–H and O–H groups in total. The van der Waals surface area contributed by atoms with Gasteiger partial charge in [0.15, 0.2) is 0 Å². The van der Waals surface area contributed by atoms with Crippen LogP contribution in [0.2, 0.25) is 0 Å². The van der Waals surface area contributed by atoms with Gasteiger partial charge in [-0.05, 0) is 25.7 Å². The second-order valence-corrected chi connectivity index (χ2v) is 5.02. The fourth-order valence-corrected chi connectivity index (χ4v) is 3.03. The van der Waals surface area contributed by atoms with E-state index in [9.17, 15) is 0 Å². The van der Waals surface area contributed by atoms with Crippen molar-refractivity contribution in [3.05, 3.63) is 0 Å². The standard InChI is InChI=1S/C12H24N2O/c13-7-8-14-11-4-9-15-12(10-11)5-2-1-3-6-12/h11,14H,1-10,13H2. The van der Waals surface area contributed by atoms with Crippen molar-refractivity contribution in [2.75, 3.05) is 19.7 Å². The molecule has 0 aromatic rings. The molecule has 0 aromatic carbocycles. The zero-order chi connectivity index (χ0) is 10.6. The van der Waals surface area contributed by atoms with Gasteiger partial charge in [-0.25, -0.2) is 0 Å². The molecule has 1 saturated carbocycles. The van der Waals surface area contributed by atoms with Crippen LogP contribution in [0.1, 0.15) is 44.9 Å². The highest BCUT2D eigenvalue weighted by atomic mass is 16.5. The lowest BCUT2D eigenvalue weighted by atomic mass is 9.78. The summed E-state index contributed by atoms with van der Waals surface area (Å²) < 4.78 is 6.05. The maximum Gasteiger partial charge on any atom is 0.0697 e. The maximum absolute atomic E-state index is 6.05. The fourth-order valence-electron chi connectivity index (χ4n) is 3.03. The van der Waals surface area contributed by atoms with Gasteiger partial charge in [0.2, 0.25) is 0 Å². The highest BCUT2D eigenvalue weighted by molar-refractivity contribution is 4.91. The van der Waals surface area contributed by atoms with Crippen molar-refractivity contribution in [1.29, 1.82) is 0 Å². The van der Waals surface area contributed by atoms with Crippen LogP contribution in [0.4, 0.5) is 0 Å². The Morgan fingerprint density at radius 1 is 1.27 bits per heavy atom. The third kappa shape index (κ3) is 2.92. The van der Waals surface area contributed by atoms with Crippen molar-refractivity contribution in [2.24, 2.45) is 5.73 Å². The quantitative estimate of drug-likeness (QED) is 0.743. The third-order valence-electron chi connectivity index (χ3n) is 3.84. The molecule has 2 fully saturated rings. The highest BCUT2D eigenvalue weighted by Crippen LogP contribution is 2.38. The molecule has 1 unspecified atom stereocenters. The summed E-state index contributed by atoms with van der Waals surface area (Å²) in [4.78, 5) is 0. The van der Waals surface area contributed by atoms with Gasteiger partial charge in [0.1, 0.15) is 0 Å². The van der Waals surface area contributed by atoms with E-state index in [1.165, 1.54) is 38.5 Å². The highest BCUT2D eigenvalue weighted by Gasteiger charge is 2.38. The van der Waals surface area contributed by atoms with Gasteiger partial charge in [0.05, 0.1) is 5.60 Å². The van der Waals surface area contributed by atoms with E-state index in [0.717, 1.165) is 26.1 Å². The molecular formula is C12H24N2O. The summed E-state index contributed by atoms with van der Waals surface area (Å²) in [5.74, 6) is 0. The fraction of sp³-hybridized carbons (Fsp3) is 1.00. The van der Waals surface area contributed by atoms with Crippen molar-refractivity contribution in [3.63, 3.8) is 0 Å². The lowest BCUT2D eigenvalue weighted by Gasteiger charge is -2.43. The van der Waals surface area contributed by atoms with Crippen LogP contribution < -0.4 is 11.1 Å². The first-order valence-corrected chi connectivity index (χ1v) is 6.42. The molecule has 1 aliphatic carbocycles. The number of hydrogen-bond donors (Lipinski definition) is 2. The van der Waals surface area contributed by atoms with Crippen molar-refractivity contribution in [1.82, 2.24) is 5.32 Å². The maximum atomic E-state index is 6.05. The van der Waals surface area contributed by atoms with Crippen LogP contribution in [-0.4, -0.2) is 31.3 Å². The molecule has 15 heavy (non-hydrogen) atoms.